The first kappa shape index (κ1) is 12.6. The molecule has 1 aromatic carbocycles. The molecule has 0 aliphatic carbocycles. The molecule has 0 fully saturated rings. The van der Waals surface area contributed by atoms with Crippen molar-refractivity contribution in [3.63, 3.8) is 0 Å². The summed E-state index contributed by atoms with van der Waals surface area (Å²) in [7, 11) is -5.41. The molecule has 8 heteroatoms. The van der Waals surface area contributed by atoms with Gasteiger partial charge in [-0.15, -0.1) is 0 Å². The molecule has 0 heterocycles. The van der Waals surface area contributed by atoms with Crippen LogP contribution in [0.4, 0.5) is 13.2 Å². The first-order chi connectivity index (χ1) is 6.64. The van der Waals surface area contributed by atoms with Crippen molar-refractivity contribution in [2.45, 2.75) is 10.4 Å². The summed E-state index contributed by atoms with van der Waals surface area (Å²) in [5, 5.41) is -0.601. The summed E-state index contributed by atoms with van der Waals surface area (Å²) < 4.78 is 58.1. The molecule has 0 saturated carbocycles. The van der Waals surface area contributed by atoms with Crippen LogP contribution in [-0.4, -0.2) is 13.9 Å². The van der Waals surface area contributed by atoms with E-state index in [0.29, 0.717) is 12.1 Å². The molecule has 0 aliphatic rings. The SMILES string of the molecule is O=S(=O)(c1cc(Cl)[c]c(Cl)c1)C(F)(F)F. The van der Waals surface area contributed by atoms with Gasteiger partial charge in [0.15, 0.2) is 0 Å². The third kappa shape index (κ3) is 2.56. The Hall–Kier alpha value is -0.460. The van der Waals surface area contributed by atoms with E-state index in [1.807, 2.05) is 0 Å². The molecule has 2 nitrogen and oxygen atoms in total. The normalized spacial score (nSPS) is 12.9. The molecule has 0 aromatic heterocycles. The lowest BCUT2D eigenvalue weighted by atomic mass is 10.4. The second kappa shape index (κ2) is 3.84. The van der Waals surface area contributed by atoms with E-state index < -0.39 is 20.2 Å². The van der Waals surface area contributed by atoms with Crippen LogP contribution in [0.25, 0.3) is 0 Å². The number of hydrogen-bond acceptors (Lipinski definition) is 2. The molecule has 1 radical (unpaired) electrons. The second-order valence-corrected chi connectivity index (χ2v) is 5.22. The predicted molar refractivity (Wildman–Crippen MR) is 48.5 cm³/mol. The van der Waals surface area contributed by atoms with Gasteiger partial charge >= 0.3 is 5.51 Å². The number of halogens is 5. The van der Waals surface area contributed by atoms with Crippen molar-refractivity contribution in [2.24, 2.45) is 0 Å². The zero-order valence-corrected chi connectivity index (χ0v) is 9.10. The summed E-state index contributed by atoms with van der Waals surface area (Å²) in [6, 6.07) is 3.50. The number of sulfone groups is 1. The van der Waals surface area contributed by atoms with Crippen LogP contribution < -0.4 is 0 Å². The van der Waals surface area contributed by atoms with Crippen LogP contribution in [0.3, 0.4) is 0 Å². The van der Waals surface area contributed by atoms with Gasteiger partial charge in [-0.1, -0.05) is 23.2 Å². The van der Waals surface area contributed by atoms with E-state index in [0.717, 1.165) is 0 Å². The van der Waals surface area contributed by atoms with Gasteiger partial charge in [0, 0.05) is 6.07 Å². The molecular formula is C7H2Cl2F3O2S. The molecule has 1 rings (SSSR count). The highest BCUT2D eigenvalue weighted by Gasteiger charge is 2.47. The van der Waals surface area contributed by atoms with Gasteiger partial charge in [-0.25, -0.2) is 8.42 Å². The van der Waals surface area contributed by atoms with Crippen molar-refractivity contribution in [1.82, 2.24) is 0 Å². The van der Waals surface area contributed by atoms with Gasteiger partial charge in [-0.3, -0.25) is 0 Å². The maximum absolute atomic E-state index is 12.1. The summed E-state index contributed by atoms with van der Waals surface area (Å²) in [5.41, 5.74) is -5.37. The Morgan fingerprint density at radius 1 is 1.13 bits per heavy atom. The highest BCUT2D eigenvalue weighted by Crippen LogP contribution is 2.32. The van der Waals surface area contributed by atoms with Crippen molar-refractivity contribution >= 4 is 33.0 Å². The van der Waals surface area contributed by atoms with Gasteiger partial charge in [-0.05, 0) is 12.1 Å². The molecule has 0 amide bonds. The maximum atomic E-state index is 12.1. The highest BCUT2D eigenvalue weighted by molar-refractivity contribution is 7.92. The number of alkyl halides is 3. The predicted octanol–water partition coefficient (Wildman–Crippen LogP) is 3.09. The monoisotopic (exact) mass is 277 g/mol. The van der Waals surface area contributed by atoms with Crippen molar-refractivity contribution < 1.29 is 21.6 Å². The number of benzene rings is 1. The first-order valence-corrected chi connectivity index (χ1v) is 5.58. The lowest BCUT2D eigenvalue weighted by Gasteiger charge is -2.08. The van der Waals surface area contributed by atoms with Crippen molar-refractivity contribution in [2.75, 3.05) is 0 Å². The van der Waals surface area contributed by atoms with Crippen LogP contribution in [0.1, 0.15) is 0 Å². The van der Waals surface area contributed by atoms with Crippen LogP contribution >= 0.6 is 23.2 Å². The molecular weight excluding hydrogens is 276 g/mol. The highest BCUT2D eigenvalue weighted by atomic mass is 35.5. The van der Waals surface area contributed by atoms with Gasteiger partial charge < -0.3 is 0 Å². The first-order valence-electron chi connectivity index (χ1n) is 3.34. The summed E-state index contributed by atoms with van der Waals surface area (Å²) in [6.45, 7) is 0. The minimum Gasteiger partial charge on any atom is -0.214 e. The number of hydrogen-bond donors (Lipinski definition) is 0. The summed E-state index contributed by atoms with van der Waals surface area (Å²) >= 11 is 10.7. The molecule has 0 unspecified atom stereocenters. The molecule has 0 bridgehead atoms. The lowest BCUT2D eigenvalue weighted by molar-refractivity contribution is -0.0435. The average molecular weight is 278 g/mol. The fraction of sp³-hybridized carbons (Fsp3) is 0.143. The molecule has 83 valence electrons. The van der Waals surface area contributed by atoms with Gasteiger partial charge in [0.1, 0.15) is 0 Å². The Kier molecular flexibility index (Phi) is 3.23. The molecule has 1 aromatic rings. The van der Waals surface area contributed by atoms with Crippen LogP contribution in [-0.2, 0) is 9.84 Å². The summed E-state index contributed by atoms with van der Waals surface area (Å²) in [6.07, 6.45) is 0. The van der Waals surface area contributed by atoms with E-state index in [-0.39, 0.29) is 10.0 Å². The quantitative estimate of drug-likeness (QED) is 0.791. The molecule has 15 heavy (non-hydrogen) atoms. The smallest absolute Gasteiger partial charge is 0.214 e. The Morgan fingerprint density at radius 2 is 1.53 bits per heavy atom. The molecule has 0 atom stereocenters. The van der Waals surface area contributed by atoms with Gasteiger partial charge in [0.05, 0.1) is 14.9 Å². The molecule has 0 saturated heterocycles. The minimum atomic E-state index is -5.41. The zero-order valence-electron chi connectivity index (χ0n) is 6.77. The standard InChI is InChI=1S/C7H2Cl2F3O2S/c8-4-1-5(9)3-6(2-4)15(13,14)7(10,11)12/h2-3H. The average Bonchev–Trinajstić information content (AvgIpc) is 1.99. The topological polar surface area (TPSA) is 34.1 Å². The van der Waals surface area contributed by atoms with Crippen LogP contribution in [0.2, 0.25) is 10.0 Å². The largest absolute Gasteiger partial charge is 0.501 e. The van der Waals surface area contributed by atoms with E-state index in [9.17, 15) is 21.6 Å². The van der Waals surface area contributed by atoms with Gasteiger partial charge in [0.25, 0.3) is 9.84 Å². The van der Waals surface area contributed by atoms with E-state index in [4.69, 9.17) is 23.2 Å². The Bertz CT molecular complexity index is 461. The van der Waals surface area contributed by atoms with E-state index >= 15 is 0 Å². The fourth-order valence-corrected chi connectivity index (χ4v) is 2.20. The van der Waals surface area contributed by atoms with Crippen LogP contribution in [0.15, 0.2) is 17.0 Å². The third-order valence-electron chi connectivity index (χ3n) is 1.39. The molecule has 0 spiro atoms. The van der Waals surface area contributed by atoms with Crippen LogP contribution in [0, 0.1) is 6.07 Å². The zero-order chi connectivity index (χ0) is 11.9. The molecule has 0 N–H and O–H groups in total. The second-order valence-electron chi connectivity index (χ2n) is 2.46. The third-order valence-corrected chi connectivity index (χ3v) is 3.26. The Morgan fingerprint density at radius 3 is 1.87 bits per heavy atom. The maximum Gasteiger partial charge on any atom is 0.501 e. The van der Waals surface area contributed by atoms with Crippen LogP contribution in [0.5, 0.6) is 0 Å². The summed E-state index contributed by atoms with van der Waals surface area (Å²) in [4.78, 5) is -0.997. The Balaban J connectivity index is 3.41. The molecule has 0 aliphatic heterocycles. The van der Waals surface area contributed by atoms with Crippen molar-refractivity contribution in [3.05, 3.63) is 28.2 Å². The Labute approximate surface area is 93.5 Å². The lowest BCUT2D eigenvalue weighted by Crippen LogP contribution is -2.23. The van der Waals surface area contributed by atoms with Gasteiger partial charge in [0.2, 0.25) is 0 Å². The number of rotatable bonds is 1. The van der Waals surface area contributed by atoms with E-state index in [2.05, 4.69) is 6.07 Å². The van der Waals surface area contributed by atoms with E-state index in [1.54, 1.807) is 0 Å². The fourth-order valence-electron chi connectivity index (χ4n) is 0.766. The summed E-state index contributed by atoms with van der Waals surface area (Å²) in [5.74, 6) is 0. The van der Waals surface area contributed by atoms with Crippen molar-refractivity contribution in [1.29, 1.82) is 0 Å². The van der Waals surface area contributed by atoms with Crippen molar-refractivity contribution in [3.8, 4) is 0 Å². The minimum absolute atomic E-state index is 0.301. The van der Waals surface area contributed by atoms with E-state index in [1.165, 1.54) is 0 Å². The van der Waals surface area contributed by atoms with Gasteiger partial charge in [-0.2, -0.15) is 13.2 Å².